The van der Waals surface area contributed by atoms with Crippen LogP contribution < -0.4 is 10.2 Å². The fraction of sp³-hybridized carbons (Fsp3) is 0.650. The zero-order valence-corrected chi connectivity index (χ0v) is 15.0. The van der Waals surface area contributed by atoms with E-state index in [-0.39, 0.29) is 5.91 Å². The maximum Gasteiger partial charge on any atom is 0.223 e. The number of carbonyl (C=O) groups excluding carboxylic acids is 1. The van der Waals surface area contributed by atoms with Gasteiger partial charge >= 0.3 is 0 Å². The minimum atomic E-state index is 0.289. The van der Waals surface area contributed by atoms with Crippen LogP contribution in [0.3, 0.4) is 0 Å². The minimum Gasteiger partial charge on any atom is -0.369 e. The Morgan fingerprint density at radius 3 is 2.62 bits per heavy atom. The van der Waals surface area contributed by atoms with Crippen LogP contribution in [0, 0.1) is 12.8 Å². The number of hydrogen-bond donors (Lipinski definition) is 1. The molecule has 24 heavy (non-hydrogen) atoms. The molecule has 3 rings (SSSR count). The molecule has 0 bridgehead atoms. The zero-order valence-electron chi connectivity index (χ0n) is 15.0. The molecule has 1 heterocycles. The van der Waals surface area contributed by atoms with Crippen molar-refractivity contribution in [1.82, 2.24) is 10.2 Å². The van der Waals surface area contributed by atoms with E-state index < -0.39 is 0 Å². The highest BCUT2D eigenvalue weighted by Gasteiger charge is 2.22. The summed E-state index contributed by atoms with van der Waals surface area (Å²) in [6, 6.07) is 8.78. The summed E-state index contributed by atoms with van der Waals surface area (Å²) in [6.45, 7) is 8.49. The Bertz CT molecular complexity index is 531. The Kier molecular flexibility index (Phi) is 6.13. The molecule has 4 nitrogen and oxygen atoms in total. The Labute approximate surface area is 146 Å². The molecule has 2 fully saturated rings. The topological polar surface area (TPSA) is 35.6 Å². The van der Waals surface area contributed by atoms with Crippen molar-refractivity contribution in [2.24, 2.45) is 5.92 Å². The maximum atomic E-state index is 12.0. The van der Waals surface area contributed by atoms with Crippen LogP contribution in [-0.2, 0) is 4.79 Å². The number of amides is 1. The molecule has 0 spiro atoms. The summed E-state index contributed by atoms with van der Waals surface area (Å²) in [5.74, 6) is 0.583. The summed E-state index contributed by atoms with van der Waals surface area (Å²) >= 11 is 0. The van der Waals surface area contributed by atoms with Crippen molar-refractivity contribution in [3.05, 3.63) is 29.8 Å². The van der Waals surface area contributed by atoms with Crippen molar-refractivity contribution >= 4 is 11.6 Å². The van der Waals surface area contributed by atoms with Crippen molar-refractivity contribution < 1.29 is 4.79 Å². The van der Waals surface area contributed by atoms with E-state index in [0.29, 0.717) is 5.92 Å². The Balaban J connectivity index is 1.32. The van der Waals surface area contributed by atoms with E-state index in [9.17, 15) is 4.79 Å². The van der Waals surface area contributed by atoms with Crippen molar-refractivity contribution in [2.75, 3.05) is 44.2 Å². The average Bonchev–Trinajstić information content (AvgIpc) is 3.14. The van der Waals surface area contributed by atoms with Crippen LogP contribution in [0.4, 0.5) is 5.69 Å². The molecule has 1 aromatic rings. The van der Waals surface area contributed by atoms with Gasteiger partial charge < -0.3 is 10.2 Å². The molecule has 1 N–H and O–H groups in total. The van der Waals surface area contributed by atoms with Gasteiger partial charge in [-0.05, 0) is 50.4 Å². The number of piperazine rings is 1. The van der Waals surface area contributed by atoms with Gasteiger partial charge in [0.25, 0.3) is 0 Å². The number of nitrogens with zero attached hydrogens (tertiary/aromatic N) is 2. The first kappa shape index (κ1) is 17.3. The molecule has 0 aromatic heterocycles. The fourth-order valence-electron chi connectivity index (χ4n) is 3.90. The quantitative estimate of drug-likeness (QED) is 0.815. The molecular weight excluding hydrogens is 298 g/mol. The molecule has 1 amide bonds. The monoisotopic (exact) mass is 329 g/mol. The molecule has 4 heteroatoms. The highest BCUT2D eigenvalue weighted by molar-refractivity contribution is 5.78. The van der Waals surface area contributed by atoms with Gasteiger partial charge in [0.05, 0.1) is 0 Å². The summed E-state index contributed by atoms with van der Waals surface area (Å²) in [5, 5.41) is 3.13. The van der Waals surface area contributed by atoms with Gasteiger partial charge in [-0.2, -0.15) is 0 Å². The smallest absolute Gasteiger partial charge is 0.223 e. The second kappa shape index (κ2) is 8.52. The third-order valence-corrected chi connectivity index (χ3v) is 5.42. The molecule has 1 saturated carbocycles. The van der Waals surface area contributed by atoms with Crippen LogP contribution in [0.1, 0.15) is 37.7 Å². The first-order chi connectivity index (χ1) is 11.7. The molecule has 0 unspecified atom stereocenters. The molecular formula is C20H31N3O. The van der Waals surface area contributed by atoms with Crippen LogP contribution in [0.25, 0.3) is 0 Å². The number of nitrogens with one attached hydrogen (secondary N) is 1. The average molecular weight is 329 g/mol. The lowest BCUT2D eigenvalue weighted by atomic mass is 10.1. The molecule has 1 aliphatic heterocycles. The first-order valence-corrected chi connectivity index (χ1v) is 9.54. The van der Waals surface area contributed by atoms with E-state index in [0.717, 1.165) is 58.5 Å². The number of carbonyl (C=O) groups is 1. The predicted molar refractivity (Wildman–Crippen MR) is 99.4 cm³/mol. The first-order valence-electron chi connectivity index (χ1n) is 9.54. The van der Waals surface area contributed by atoms with E-state index in [1.807, 2.05) is 0 Å². The van der Waals surface area contributed by atoms with Gasteiger partial charge in [0.1, 0.15) is 0 Å². The van der Waals surface area contributed by atoms with Gasteiger partial charge in [-0.1, -0.05) is 25.0 Å². The molecule has 2 aliphatic rings. The third kappa shape index (κ3) is 4.73. The van der Waals surface area contributed by atoms with Gasteiger partial charge in [-0.15, -0.1) is 0 Å². The van der Waals surface area contributed by atoms with Gasteiger partial charge in [-0.3, -0.25) is 9.69 Å². The van der Waals surface area contributed by atoms with Crippen LogP contribution >= 0.6 is 0 Å². The Hall–Kier alpha value is -1.55. The lowest BCUT2D eigenvalue weighted by Gasteiger charge is -2.36. The second-order valence-electron chi connectivity index (χ2n) is 7.29. The molecule has 0 radical (unpaired) electrons. The van der Waals surface area contributed by atoms with Crippen molar-refractivity contribution in [1.29, 1.82) is 0 Å². The SMILES string of the molecule is Cc1cccc(N2CCN(CCCNC(=O)C3CCCC3)CC2)c1. The van der Waals surface area contributed by atoms with E-state index >= 15 is 0 Å². The van der Waals surface area contributed by atoms with Gasteiger partial charge in [0, 0.05) is 44.3 Å². The molecule has 1 aromatic carbocycles. The van der Waals surface area contributed by atoms with Crippen LogP contribution in [0.2, 0.25) is 0 Å². The number of aryl methyl sites for hydroxylation is 1. The second-order valence-corrected chi connectivity index (χ2v) is 7.29. The standard InChI is InChI=1S/C20H31N3O/c1-17-6-4-9-19(16-17)23-14-12-22(13-15-23)11-5-10-21-20(24)18-7-2-3-8-18/h4,6,9,16,18H,2-3,5,7-8,10-15H2,1H3,(H,21,24). The fourth-order valence-corrected chi connectivity index (χ4v) is 3.90. The van der Waals surface area contributed by atoms with Gasteiger partial charge in [0.15, 0.2) is 0 Å². The van der Waals surface area contributed by atoms with E-state index in [4.69, 9.17) is 0 Å². The number of rotatable bonds is 6. The predicted octanol–water partition coefficient (Wildman–Crippen LogP) is 2.81. The summed E-state index contributed by atoms with van der Waals surface area (Å²) in [5.41, 5.74) is 2.67. The van der Waals surface area contributed by atoms with Crippen molar-refractivity contribution in [3.8, 4) is 0 Å². The molecule has 132 valence electrons. The summed E-state index contributed by atoms with van der Waals surface area (Å²) in [4.78, 5) is 17.0. The zero-order chi connectivity index (χ0) is 16.8. The lowest BCUT2D eigenvalue weighted by molar-refractivity contribution is -0.124. The third-order valence-electron chi connectivity index (χ3n) is 5.42. The summed E-state index contributed by atoms with van der Waals surface area (Å²) in [6.07, 6.45) is 5.69. The molecule has 0 atom stereocenters. The Morgan fingerprint density at radius 2 is 1.92 bits per heavy atom. The molecule has 1 saturated heterocycles. The molecule has 1 aliphatic carbocycles. The van der Waals surface area contributed by atoms with Gasteiger partial charge in [-0.25, -0.2) is 0 Å². The van der Waals surface area contributed by atoms with Crippen molar-refractivity contribution in [3.63, 3.8) is 0 Å². The highest BCUT2D eigenvalue weighted by Crippen LogP contribution is 2.24. The number of hydrogen-bond acceptors (Lipinski definition) is 3. The van der Waals surface area contributed by atoms with Crippen LogP contribution in [-0.4, -0.2) is 50.1 Å². The Morgan fingerprint density at radius 1 is 1.17 bits per heavy atom. The maximum absolute atomic E-state index is 12.0. The lowest BCUT2D eigenvalue weighted by Crippen LogP contribution is -2.47. The largest absolute Gasteiger partial charge is 0.369 e. The van der Waals surface area contributed by atoms with Crippen molar-refractivity contribution in [2.45, 2.75) is 39.0 Å². The normalized spacial score (nSPS) is 19.6. The highest BCUT2D eigenvalue weighted by atomic mass is 16.1. The van der Waals surface area contributed by atoms with Crippen LogP contribution in [0.5, 0.6) is 0 Å². The van der Waals surface area contributed by atoms with Gasteiger partial charge in [0.2, 0.25) is 5.91 Å². The summed E-state index contributed by atoms with van der Waals surface area (Å²) in [7, 11) is 0. The van der Waals surface area contributed by atoms with E-state index in [1.165, 1.54) is 24.1 Å². The van der Waals surface area contributed by atoms with E-state index in [2.05, 4.69) is 46.3 Å². The summed E-state index contributed by atoms with van der Waals surface area (Å²) < 4.78 is 0. The van der Waals surface area contributed by atoms with Crippen LogP contribution in [0.15, 0.2) is 24.3 Å². The number of benzene rings is 1. The van der Waals surface area contributed by atoms with E-state index in [1.54, 1.807) is 0 Å². The number of anilines is 1. The minimum absolute atomic E-state index is 0.289.